The zero-order valence-electron chi connectivity index (χ0n) is 16.0. The van der Waals surface area contributed by atoms with Gasteiger partial charge in [-0.25, -0.2) is 4.79 Å². The second kappa shape index (κ2) is 9.67. The van der Waals surface area contributed by atoms with Gasteiger partial charge in [-0.05, 0) is 37.1 Å². The summed E-state index contributed by atoms with van der Waals surface area (Å²) >= 11 is 0. The SMILES string of the molecule is CCOC(=O)NC(=O)C(C#N)=NNc1ccc(C(C)(C#N)c2ccccc2)cc1. The molecule has 0 bridgehead atoms. The fourth-order valence-electron chi connectivity index (χ4n) is 2.51. The molecule has 0 spiro atoms. The van der Waals surface area contributed by atoms with E-state index < -0.39 is 23.1 Å². The van der Waals surface area contributed by atoms with Gasteiger partial charge in [0.25, 0.3) is 5.91 Å². The summed E-state index contributed by atoms with van der Waals surface area (Å²) in [7, 11) is 0. The Hall–Kier alpha value is -4.17. The van der Waals surface area contributed by atoms with Crippen LogP contribution in [-0.2, 0) is 14.9 Å². The Bertz CT molecular complexity index is 988. The van der Waals surface area contributed by atoms with E-state index in [1.807, 2.05) is 42.6 Å². The lowest BCUT2D eigenvalue weighted by molar-refractivity contribution is -0.114. The summed E-state index contributed by atoms with van der Waals surface area (Å²) in [5.74, 6) is -0.976. The molecule has 0 aliphatic rings. The van der Waals surface area contributed by atoms with E-state index in [1.54, 1.807) is 37.3 Å². The zero-order valence-corrected chi connectivity index (χ0v) is 16.0. The van der Waals surface area contributed by atoms with E-state index in [0.717, 1.165) is 11.1 Å². The molecule has 1 unspecified atom stereocenters. The second-order valence-corrected chi connectivity index (χ2v) is 6.04. The molecule has 0 aliphatic heterocycles. The van der Waals surface area contributed by atoms with Crippen LogP contribution in [0.1, 0.15) is 25.0 Å². The van der Waals surface area contributed by atoms with Crippen molar-refractivity contribution in [3.8, 4) is 12.1 Å². The molecule has 2 N–H and O–H groups in total. The lowest BCUT2D eigenvalue weighted by Gasteiger charge is -2.23. The van der Waals surface area contributed by atoms with Crippen LogP contribution in [0.5, 0.6) is 0 Å². The van der Waals surface area contributed by atoms with Gasteiger partial charge in [-0.2, -0.15) is 15.6 Å². The molecule has 0 aromatic heterocycles. The van der Waals surface area contributed by atoms with Gasteiger partial charge in [0.1, 0.15) is 11.5 Å². The molecule has 2 rings (SSSR count). The van der Waals surface area contributed by atoms with E-state index in [-0.39, 0.29) is 6.61 Å². The molecule has 2 amide bonds. The maximum absolute atomic E-state index is 11.8. The van der Waals surface area contributed by atoms with Crippen LogP contribution in [0.3, 0.4) is 0 Å². The van der Waals surface area contributed by atoms with Gasteiger partial charge < -0.3 is 4.74 Å². The standard InChI is InChI=1S/C21H19N5O3/c1-3-29-20(28)24-19(27)18(13-22)26-25-17-11-9-16(10-12-17)21(2,14-23)15-7-5-4-6-8-15/h4-12,25H,3H2,1-2H3,(H,24,27,28). The molecule has 2 aromatic rings. The molecule has 0 radical (unpaired) electrons. The molecule has 0 saturated heterocycles. The first-order chi connectivity index (χ1) is 13.9. The number of amides is 2. The number of benzene rings is 2. The van der Waals surface area contributed by atoms with Crippen molar-refractivity contribution in [2.24, 2.45) is 5.10 Å². The van der Waals surface area contributed by atoms with Crippen LogP contribution in [0.2, 0.25) is 0 Å². The van der Waals surface area contributed by atoms with Crippen molar-refractivity contribution in [2.75, 3.05) is 12.0 Å². The number of hydrazone groups is 1. The zero-order chi connectivity index (χ0) is 21.3. The number of imide groups is 1. The van der Waals surface area contributed by atoms with Crippen LogP contribution in [-0.4, -0.2) is 24.3 Å². The smallest absolute Gasteiger partial charge is 0.414 e. The highest BCUT2D eigenvalue weighted by molar-refractivity contribution is 6.46. The number of hydrogen-bond donors (Lipinski definition) is 2. The molecule has 0 fully saturated rings. The Labute approximate surface area is 168 Å². The fraction of sp³-hybridized carbons (Fsp3) is 0.190. The number of hydrogen-bond acceptors (Lipinski definition) is 7. The Balaban J connectivity index is 2.15. The lowest BCUT2D eigenvalue weighted by Crippen LogP contribution is -2.36. The van der Waals surface area contributed by atoms with Crippen molar-refractivity contribution in [3.63, 3.8) is 0 Å². The molecular weight excluding hydrogens is 370 g/mol. The first-order valence-corrected chi connectivity index (χ1v) is 8.73. The van der Waals surface area contributed by atoms with E-state index in [9.17, 15) is 14.9 Å². The highest BCUT2D eigenvalue weighted by atomic mass is 16.5. The highest BCUT2D eigenvalue weighted by Crippen LogP contribution is 2.31. The second-order valence-electron chi connectivity index (χ2n) is 6.04. The Kier molecular flexibility index (Phi) is 7.05. The minimum atomic E-state index is -0.976. The Morgan fingerprint density at radius 1 is 1.07 bits per heavy atom. The van der Waals surface area contributed by atoms with E-state index in [0.29, 0.717) is 5.69 Å². The largest absolute Gasteiger partial charge is 0.450 e. The quantitative estimate of drug-likeness (QED) is 0.577. The number of alkyl carbamates (subject to hydrolysis) is 1. The van der Waals surface area contributed by atoms with Gasteiger partial charge >= 0.3 is 6.09 Å². The number of anilines is 1. The molecule has 146 valence electrons. The van der Waals surface area contributed by atoms with E-state index in [2.05, 4.69) is 21.3 Å². The van der Waals surface area contributed by atoms with Gasteiger partial charge in [0.15, 0.2) is 0 Å². The van der Waals surface area contributed by atoms with Crippen LogP contribution in [0, 0.1) is 22.7 Å². The first-order valence-electron chi connectivity index (χ1n) is 8.73. The number of rotatable bonds is 6. The minimum absolute atomic E-state index is 0.0906. The molecule has 0 heterocycles. The van der Waals surface area contributed by atoms with E-state index in [4.69, 9.17) is 5.26 Å². The summed E-state index contributed by atoms with van der Waals surface area (Å²) in [4.78, 5) is 23.1. The summed E-state index contributed by atoms with van der Waals surface area (Å²) in [6.45, 7) is 3.51. The number of nitrogens with zero attached hydrogens (tertiary/aromatic N) is 3. The summed E-state index contributed by atoms with van der Waals surface area (Å²) in [5, 5.41) is 24.4. The average Bonchev–Trinajstić information content (AvgIpc) is 2.74. The third-order valence-corrected chi connectivity index (χ3v) is 4.15. The maximum Gasteiger partial charge on any atom is 0.414 e. The lowest BCUT2D eigenvalue weighted by atomic mass is 9.77. The summed E-state index contributed by atoms with van der Waals surface area (Å²) in [6.07, 6.45) is -0.957. The van der Waals surface area contributed by atoms with E-state index in [1.165, 1.54) is 0 Å². The van der Waals surface area contributed by atoms with Crippen molar-refractivity contribution in [2.45, 2.75) is 19.3 Å². The van der Waals surface area contributed by atoms with Crippen molar-refractivity contribution < 1.29 is 14.3 Å². The number of nitrogens with one attached hydrogen (secondary N) is 2. The molecule has 0 saturated carbocycles. The number of carbonyl (C=O) groups excluding carboxylic acids is 2. The van der Waals surface area contributed by atoms with Crippen LogP contribution in [0.15, 0.2) is 59.7 Å². The van der Waals surface area contributed by atoms with Crippen molar-refractivity contribution in [1.82, 2.24) is 5.32 Å². The summed E-state index contributed by atoms with van der Waals surface area (Å²) in [5.41, 5.74) is 3.36. The maximum atomic E-state index is 11.8. The van der Waals surface area contributed by atoms with Gasteiger partial charge in [0, 0.05) is 0 Å². The topological polar surface area (TPSA) is 127 Å². The number of ether oxygens (including phenoxy) is 1. The first kappa shape index (κ1) is 21.1. The predicted molar refractivity (Wildman–Crippen MR) is 107 cm³/mol. The van der Waals surface area contributed by atoms with Crippen LogP contribution >= 0.6 is 0 Å². The summed E-state index contributed by atoms with van der Waals surface area (Å²) in [6, 6.07) is 20.3. The molecule has 0 aliphatic carbocycles. The predicted octanol–water partition coefficient (Wildman–Crippen LogP) is 3.08. The fourth-order valence-corrected chi connectivity index (χ4v) is 2.51. The molecule has 8 nitrogen and oxygen atoms in total. The van der Waals surface area contributed by atoms with Crippen LogP contribution < -0.4 is 10.7 Å². The van der Waals surface area contributed by atoms with Gasteiger partial charge in [0.2, 0.25) is 5.71 Å². The van der Waals surface area contributed by atoms with Gasteiger partial charge in [0.05, 0.1) is 18.4 Å². The molecule has 1 atom stereocenters. The van der Waals surface area contributed by atoms with Gasteiger partial charge in [-0.1, -0.05) is 42.5 Å². The van der Waals surface area contributed by atoms with Crippen molar-refractivity contribution >= 4 is 23.4 Å². The molecule has 29 heavy (non-hydrogen) atoms. The Morgan fingerprint density at radius 3 is 2.24 bits per heavy atom. The third kappa shape index (κ3) is 5.18. The highest BCUT2D eigenvalue weighted by Gasteiger charge is 2.28. The van der Waals surface area contributed by atoms with Crippen molar-refractivity contribution in [1.29, 1.82) is 10.5 Å². The number of nitriles is 2. The third-order valence-electron chi connectivity index (χ3n) is 4.15. The molecular formula is C21H19N5O3. The molecule has 2 aromatic carbocycles. The normalized spacial score (nSPS) is 12.6. The number of carbonyl (C=O) groups is 2. The van der Waals surface area contributed by atoms with E-state index >= 15 is 0 Å². The van der Waals surface area contributed by atoms with Gasteiger partial charge in [-0.3, -0.25) is 15.5 Å². The minimum Gasteiger partial charge on any atom is -0.450 e. The van der Waals surface area contributed by atoms with Crippen LogP contribution in [0.25, 0.3) is 0 Å². The van der Waals surface area contributed by atoms with Crippen LogP contribution in [0.4, 0.5) is 10.5 Å². The van der Waals surface area contributed by atoms with Gasteiger partial charge in [-0.15, -0.1) is 0 Å². The monoisotopic (exact) mass is 389 g/mol. The summed E-state index contributed by atoms with van der Waals surface area (Å²) < 4.78 is 4.58. The molecule has 8 heteroatoms. The Morgan fingerprint density at radius 2 is 1.69 bits per heavy atom. The average molecular weight is 389 g/mol. The van der Waals surface area contributed by atoms with Crippen molar-refractivity contribution in [3.05, 3.63) is 65.7 Å².